The van der Waals surface area contributed by atoms with Gasteiger partial charge in [-0.3, -0.25) is 14.5 Å². The number of rotatable bonds is 12. The first-order valence-electron chi connectivity index (χ1n) is 14.7. The molecule has 13 heteroatoms. The number of methoxy groups -OCH3 is 1. The molecule has 1 atom stereocenters. The number of fused-ring (bicyclic) bond motifs is 1. The molecule has 1 aliphatic rings. The summed E-state index contributed by atoms with van der Waals surface area (Å²) in [5, 5.41) is 21.8. The number of anilines is 1. The minimum atomic E-state index is -1.07. The molecular formula is C34H29Cl2N3O6S2. The van der Waals surface area contributed by atoms with Crippen molar-refractivity contribution in [3.63, 3.8) is 0 Å². The highest BCUT2D eigenvalue weighted by molar-refractivity contribution is 8.00. The maximum atomic E-state index is 14.1. The van der Waals surface area contributed by atoms with Crippen LogP contribution in [0.3, 0.4) is 0 Å². The predicted molar refractivity (Wildman–Crippen MR) is 184 cm³/mol. The zero-order valence-corrected chi connectivity index (χ0v) is 28.7. The molecule has 1 N–H and O–H groups in total. The summed E-state index contributed by atoms with van der Waals surface area (Å²) in [5.41, 5.74) is 1.70. The van der Waals surface area contributed by atoms with E-state index in [1.165, 1.54) is 23.8 Å². The van der Waals surface area contributed by atoms with E-state index < -0.39 is 23.5 Å². The van der Waals surface area contributed by atoms with E-state index in [0.29, 0.717) is 60.7 Å². The predicted octanol–water partition coefficient (Wildman–Crippen LogP) is 9.10. The quantitative estimate of drug-likeness (QED) is 0.0769. The number of aliphatic hydroxyl groups is 1. The standard InChI is InChI=1S/C34H29Cl2N3O6S2/c1-18(2)12-13-44-25-11-9-20(15-26(25)43-3)29-28(30(40)27-14-19-6-4-5-7-24(19)45-27)31(41)32(42)39(29)33-37-38-34(47-33)46-17-21-8-10-22(35)16-23(21)36/h4-11,14-16,18,29,41H,12-13,17H2,1-3H3. The highest BCUT2D eigenvalue weighted by Crippen LogP contribution is 2.46. The molecule has 0 fully saturated rings. The van der Waals surface area contributed by atoms with Crippen molar-refractivity contribution < 1.29 is 28.6 Å². The molecule has 0 spiro atoms. The molecule has 1 amide bonds. The van der Waals surface area contributed by atoms with Gasteiger partial charge in [-0.2, -0.15) is 0 Å². The average molecular weight is 711 g/mol. The molecule has 0 saturated carbocycles. The first-order valence-corrected chi connectivity index (χ1v) is 17.2. The van der Waals surface area contributed by atoms with Gasteiger partial charge in [-0.25, -0.2) is 0 Å². The third-order valence-corrected chi connectivity index (χ3v) is 10.2. The lowest BCUT2D eigenvalue weighted by molar-refractivity contribution is -0.117. The molecule has 1 unspecified atom stereocenters. The van der Waals surface area contributed by atoms with Crippen molar-refractivity contribution in [2.75, 3.05) is 18.6 Å². The number of nitrogens with zero attached hydrogens (tertiary/aromatic N) is 3. The fourth-order valence-corrected chi connectivity index (χ4v) is 7.52. The average Bonchev–Trinajstić information content (AvgIpc) is 3.77. The number of benzene rings is 3. The van der Waals surface area contributed by atoms with Gasteiger partial charge in [0, 0.05) is 21.2 Å². The Labute approximate surface area is 289 Å². The van der Waals surface area contributed by atoms with Gasteiger partial charge in [0.05, 0.1) is 25.3 Å². The SMILES string of the molecule is COc1cc(C2C(C(=O)c3cc4ccccc4o3)=C(O)C(=O)N2c2nnc(SCc3ccc(Cl)cc3Cl)s2)ccc1OCCC(C)C. The molecule has 9 nitrogen and oxygen atoms in total. The van der Waals surface area contributed by atoms with Crippen molar-refractivity contribution in [3.8, 4) is 11.5 Å². The maximum Gasteiger partial charge on any atom is 0.296 e. The van der Waals surface area contributed by atoms with Gasteiger partial charge in [0.15, 0.2) is 27.4 Å². The number of thioether (sulfide) groups is 1. The van der Waals surface area contributed by atoms with Crippen LogP contribution in [0.15, 0.2) is 86.8 Å². The van der Waals surface area contributed by atoms with E-state index in [2.05, 4.69) is 24.0 Å². The van der Waals surface area contributed by atoms with E-state index >= 15 is 0 Å². The highest BCUT2D eigenvalue weighted by Gasteiger charge is 2.47. The van der Waals surface area contributed by atoms with Gasteiger partial charge < -0.3 is 19.0 Å². The lowest BCUT2D eigenvalue weighted by Gasteiger charge is -2.24. The van der Waals surface area contributed by atoms with Crippen LogP contribution in [0.2, 0.25) is 10.0 Å². The van der Waals surface area contributed by atoms with Crippen molar-refractivity contribution in [3.05, 3.63) is 105 Å². The largest absolute Gasteiger partial charge is 0.503 e. The minimum Gasteiger partial charge on any atom is -0.503 e. The molecule has 3 aromatic carbocycles. The molecule has 242 valence electrons. The number of carbonyl (C=O) groups excluding carboxylic acids is 2. The molecule has 0 aliphatic carbocycles. The second kappa shape index (κ2) is 14.0. The number of aliphatic hydroxyl groups excluding tert-OH is 1. The molecule has 0 saturated heterocycles. The Hall–Kier alpha value is -4.03. The lowest BCUT2D eigenvalue weighted by atomic mass is 9.95. The molecule has 5 aromatic rings. The summed E-state index contributed by atoms with van der Waals surface area (Å²) in [7, 11) is 1.51. The van der Waals surface area contributed by atoms with Crippen LogP contribution >= 0.6 is 46.3 Å². The molecule has 6 rings (SSSR count). The van der Waals surface area contributed by atoms with E-state index in [-0.39, 0.29) is 16.5 Å². The van der Waals surface area contributed by atoms with Crippen molar-refractivity contribution >= 4 is 74.1 Å². The maximum absolute atomic E-state index is 14.1. The molecular weight excluding hydrogens is 681 g/mol. The van der Waals surface area contributed by atoms with Crippen LogP contribution in [0.25, 0.3) is 11.0 Å². The third-order valence-electron chi connectivity index (χ3n) is 7.53. The molecule has 2 aromatic heterocycles. The van der Waals surface area contributed by atoms with Crippen molar-refractivity contribution in [2.45, 2.75) is 36.4 Å². The Kier molecular flexibility index (Phi) is 9.79. The fraction of sp³-hybridized carbons (Fsp3) is 0.235. The van der Waals surface area contributed by atoms with Crippen LogP contribution in [0.4, 0.5) is 5.13 Å². The first-order chi connectivity index (χ1) is 22.6. The number of amides is 1. The Bertz CT molecular complexity index is 1970. The van der Waals surface area contributed by atoms with Gasteiger partial charge in [-0.1, -0.05) is 90.5 Å². The van der Waals surface area contributed by atoms with Gasteiger partial charge in [0.2, 0.25) is 10.9 Å². The van der Waals surface area contributed by atoms with Crippen molar-refractivity contribution in [1.29, 1.82) is 0 Å². The number of para-hydroxylation sites is 1. The third kappa shape index (κ3) is 6.85. The first kappa shape index (κ1) is 32.9. The van der Waals surface area contributed by atoms with E-state index in [1.54, 1.807) is 48.5 Å². The number of hydrogen-bond acceptors (Lipinski definition) is 10. The van der Waals surface area contributed by atoms with Gasteiger partial charge in [0.1, 0.15) is 5.58 Å². The van der Waals surface area contributed by atoms with E-state index in [0.717, 1.165) is 23.3 Å². The van der Waals surface area contributed by atoms with Crippen LogP contribution in [-0.2, 0) is 10.5 Å². The number of ketones is 1. The Morgan fingerprint density at radius 2 is 1.89 bits per heavy atom. The summed E-state index contributed by atoms with van der Waals surface area (Å²) in [5.74, 6) is -0.273. The van der Waals surface area contributed by atoms with E-state index in [9.17, 15) is 14.7 Å². The monoisotopic (exact) mass is 709 g/mol. The summed E-state index contributed by atoms with van der Waals surface area (Å²) >= 11 is 14.9. The van der Waals surface area contributed by atoms with Crippen LogP contribution in [0, 0.1) is 5.92 Å². The van der Waals surface area contributed by atoms with Crippen molar-refractivity contribution in [1.82, 2.24) is 10.2 Å². The molecule has 0 bridgehead atoms. The topological polar surface area (TPSA) is 115 Å². The van der Waals surface area contributed by atoms with Gasteiger partial charge in [0.25, 0.3) is 5.91 Å². The smallest absolute Gasteiger partial charge is 0.296 e. The summed E-state index contributed by atoms with van der Waals surface area (Å²) in [6.07, 6.45) is 0.851. The van der Waals surface area contributed by atoms with E-state index in [1.807, 2.05) is 18.2 Å². The molecule has 0 radical (unpaired) electrons. The number of ether oxygens (including phenoxy) is 2. The number of aromatic nitrogens is 2. The Morgan fingerprint density at radius 1 is 1.09 bits per heavy atom. The molecule has 47 heavy (non-hydrogen) atoms. The van der Waals surface area contributed by atoms with Gasteiger partial charge >= 0.3 is 0 Å². The fourth-order valence-electron chi connectivity index (χ4n) is 5.09. The second-order valence-corrected chi connectivity index (χ2v) is 14.2. The lowest BCUT2D eigenvalue weighted by Crippen LogP contribution is -2.31. The van der Waals surface area contributed by atoms with Gasteiger partial charge in [-0.15, -0.1) is 10.2 Å². The summed E-state index contributed by atoms with van der Waals surface area (Å²) in [6, 6.07) is 18.1. The Balaban J connectivity index is 1.37. The zero-order chi connectivity index (χ0) is 33.2. The Morgan fingerprint density at radius 3 is 2.64 bits per heavy atom. The summed E-state index contributed by atoms with van der Waals surface area (Å²) in [4.78, 5) is 29.1. The number of Topliss-reactive ketones (excluding diaryl/α,β-unsaturated/α-hetero) is 1. The summed E-state index contributed by atoms with van der Waals surface area (Å²) < 4.78 is 18.0. The van der Waals surface area contributed by atoms with Crippen LogP contribution in [0.1, 0.15) is 48.0 Å². The summed E-state index contributed by atoms with van der Waals surface area (Å²) in [6.45, 7) is 4.71. The van der Waals surface area contributed by atoms with Gasteiger partial charge in [-0.05, 0) is 59.9 Å². The molecule has 1 aliphatic heterocycles. The molecule has 3 heterocycles. The van der Waals surface area contributed by atoms with Crippen molar-refractivity contribution in [2.24, 2.45) is 5.92 Å². The van der Waals surface area contributed by atoms with E-state index in [4.69, 9.17) is 37.1 Å². The zero-order valence-electron chi connectivity index (χ0n) is 25.5. The minimum absolute atomic E-state index is 0.0126. The second-order valence-electron chi connectivity index (χ2n) is 11.1. The number of halogens is 2. The number of hydrogen-bond donors (Lipinski definition) is 1. The van der Waals surface area contributed by atoms with Crippen LogP contribution < -0.4 is 14.4 Å². The normalized spacial score (nSPS) is 14.9. The van der Waals surface area contributed by atoms with Crippen LogP contribution in [-0.4, -0.2) is 40.7 Å². The number of carbonyl (C=O) groups is 2. The highest BCUT2D eigenvalue weighted by atomic mass is 35.5. The number of furan rings is 1. The van der Waals surface area contributed by atoms with Crippen LogP contribution in [0.5, 0.6) is 11.5 Å².